The molecule has 0 bridgehead atoms. The minimum atomic E-state index is 0.376. The highest BCUT2D eigenvalue weighted by Crippen LogP contribution is 2.14. The third kappa shape index (κ3) is 8.77. The van der Waals surface area contributed by atoms with Crippen LogP contribution in [0.15, 0.2) is 4.99 Å². The van der Waals surface area contributed by atoms with Crippen LogP contribution in [-0.4, -0.2) is 101 Å². The van der Waals surface area contributed by atoms with Gasteiger partial charge in [0.1, 0.15) is 0 Å². The summed E-state index contributed by atoms with van der Waals surface area (Å²) in [5.74, 6) is 1.61. The fourth-order valence-corrected chi connectivity index (χ4v) is 3.64. The lowest BCUT2D eigenvalue weighted by atomic mass is 10.1. The summed E-state index contributed by atoms with van der Waals surface area (Å²) >= 11 is 0. The Morgan fingerprint density at radius 3 is 2.59 bits per heavy atom. The van der Waals surface area contributed by atoms with Gasteiger partial charge in [0, 0.05) is 66.1 Å². The lowest BCUT2D eigenvalue weighted by molar-refractivity contribution is 0.00987. The normalized spacial score (nSPS) is 21.4. The zero-order valence-corrected chi connectivity index (χ0v) is 17.6. The topological polar surface area (TPSA) is 58.6 Å². The van der Waals surface area contributed by atoms with Gasteiger partial charge in [-0.25, -0.2) is 0 Å². The van der Waals surface area contributed by atoms with Crippen LogP contribution in [0.3, 0.4) is 0 Å². The Hall–Kier alpha value is -0.890. The number of nitrogens with zero attached hydrogens (tertiary/aromatic N) is 3. The van der Waals surface area contributed by atoms with E-state index in [2.05, 4.69) is 29.0 Å². The summed E-state index contributed by atoms with van der Waals surface area (Å²) in [6, 6.07) is 0. The Kier molecular flexibility index (Phi) is 11.0. The molecule has 2 aliphatic rings. The van der Waals surface area contributed by atoms with Crippen molar-refractivity contribution in [3.63, 3.8) is 0 Å². The van der Waals surface area contributed by atoms with Crippen molar-refractivity contribution in [3.05, 3.63) is 0 Å². The van der Waals surface area contributed by atoms with Crippen molar-refractivity contribution in [1.29, 1.82) is 0 Å². The molecule has 158 valence electrons. The number of piperidine rings is 1. The van der Waals surface area contributed by atoms with Crippen LogP contribution < -0.4 is 5.32 Å². The third-order valence-electron chi connectivity index (χ3n) is 5.15. The highest BCUT2D eigenvalue weighted by atomic mass is 16.5. The first-order chi connectivity index (χ1) is 13.2. The molecule has 0 saturated carbocycles. The molecule has 1 unspecified atom stereocenters. The molecular formula is C20H40N4O3. The van der Waals surface area contributed by atoms with E-state index in [0.717, 1.165) is 97.5 Å². The standard InChI is InChI=1S/C20H40N4O3/c1-4-21-20(22-16-18(2)17-23-10-14-26-15-11-23)24-8-6-19(7-9-24)27-13-5-12-25-3/h18-19H,4-17H2,1-3H3,(H,21,22). The van der Waals surface area contributed by atoms with Crippen LogP contribution in [0.2, 0.25) is 0 Å². The summed E-state index contributed by atoms with van der Waals surface area (Å²) in [5.41, 5.74) is 0. The molecule has 1 N–H and O–H groups in total. The highest BCUT2D eigenvalue weighted by molar-refractivity contribution is 5.80. The minimum Gasteiger partial charge on any atom is -0.385 e. The number of guanidine groups is 1. The van der Waals surface area contributed by atoms with Gasteiger partial charge in [-0.3, -0.25) is 9.89 Å². The Morgan fingerprint density at radius 1 is 1.19 bits per heavy atom. The molecule has 0 aliphatic carbocycles. The Morgan fingerprint density at radius 2 is 1.93 bits per heavy atom. The maximum Gasteiger partial charge on any atom is 0.193 e. The zero-order chi connectivity index (χ0) is 19.3. The average molecular weight is 385 g/mol. The monoisotopic (exact) mass is 384 g/mol. The van der Waals surface area contributed by atoms with E-state index in [-0.39, 0.29) is 0 Å². The summed E-state index contributed by atoms with van der Waals surface area (Å²) in [7, 11) is 1.74. The van der Waals surface area contributed by atoms with Gasteiger partial charge in [0.25, 0.3) is 0 Å². The smallest absolute Gasteiger partial charge is 0.193 e. The van der Waals surface area contributed by atoms with Crippen molar-refractivity contribution in [2.24, 2.45) is 10.9 Å². The number of likely N-dealkylation sites (tertiary alicyclic amines) is 1. The molecule has 2 rings (SSSR count). The Balaban J connectivity index is 1.72. The molecular weight excluding hydrogens is 344 g/mol. The van der Waals surface area contributed by atoms with Crippen LogP contribution in [0.25, 0.3) is 0 Å². The number of hydrogen-bond donors (Lipinski definition) is 1. The molecule has 7 heteroatoms. The molecule has 2 saturated heterocycles. The van der Waals surface area contributed by atoms with Crippen LogP contribution >= 0.6 is 0 Å². The van der Waals surface area contributed by atoms with Gasteiger partial charge >= 0.3 is 0 Å². The summed E-state index contributed by atoms with van der Waals surface area (Å²) in [5, 5.41) is 3.47. The zero-order valence-electron chi connectivity index (χ0n) is 17.6. The van der Waals surface area contributed by atoms with E-state index in [0.29, 0.717) is 12.0 Å². The number of ether oxygens (including phenoxy) is 3. The molecule has 0 aromatic rings. The molecule has 1 atom stereocenters. The Labute approximate surface area is 165 Å². The van der Waals surface area contributed by atoms with Gasteiger partial charge in [-0.2, -0.15) is 0 Å². The van der Waals surface area contributed by atoms with E-state index in [9.17, 15) is 0 Å². The molecule has 2 heterocycles. The summed E-state index contributed by atoms with van der Waals surface area (Å²) in [6.07, 6.45) is 3.49. The van der Waals surface area contributed by atoms with Gasteiger partial charge in [0.2, 0.25) is 0 Å². The molecule has 27 heavy (non-hydrogen) atoms. The third-order valence-corrected chi connectivity index (χ3v) is 5.15. The second kappa shape index (κ2) is 13.3. The second-order valence-electron chi connectivity index (χ2n) is 7.62. The van der Waals surface area contributed by atoms with Crippen LogP contribution in [0, 0.1) is 5.92 Å². The first-order valence-electron chi connectivity index (χ1n) is 10.7. The number of nitrogens with one attached hydrogen (secondary N) is 1. The molecule has 0 amide bonds. The first-order valence-corrected chi connectivity index (χ1v) is 10.7. The van der Waals surface area contributed by atoms with Crippen LogP contribution in [0.5, 0.6) is 0 Å². The summed E-state index contributed by atoms with van der Waals surface area (Å²) < 4.78 is 16.5. The molecule has 0 aromatic carbocycles. The van der Waals surface area contributed by atoms with Crippen LogP contribution in [-0.2, 0) is 14.2 Å². The molecule has 0 radical (unpaired) electrons. The van der Waals surface area contributed by atoms with Gasteiger partial charge in [0.15, 0.2) is 5.96 Å². The molecule has 7 nitrogen and oxygen atoms in total. The quantitative estimate of drug-likeness (QED) is 0.349. The van der Waals surface area contributed by atoms with E-state index in [4.69, 9.17) is 19.2 Å². The van der Waals surface area contributed by atoms with E-state index in [1.807, 2.05) is 0 Å². The van der Waals surface area contributed by atoms with Crippen molar-refractivity contribution in [3.8, 4) is 0 Å². The lowest BCUT2D eigenvalue weighted by Gasteiger charge is -2.34. The molecule has 2 aliphatic heterocycles. The maximum atomic E-state index is 5.97. The first kappa shape index (κ1) is 22.4. The number of morpholine rings is 1. The van der Waals surface area contributed by atoms with Crippen LogP contribution in [0.4, 0.5) is 0 Å². The Bertz CT molecular complexity index is 408. The van der Waals surface area contributed by atoms with E-state index < -0.39 is 0 Å². The van der Waals surface area contributed by atoms with E-state index in [1.165, 1.54) is 0 Å². The van der Waals surface area contributed by atoms with Crippen molar-refractivity contribution >= 4 is 5.96 Å². The predicted molar refractivity (Wildman–Crippen MR) is 109 cm³/mol. The molecule has 2 fully saturated rings. The molecule has 0 spiro atoms. The number of aliphatic imine (C=N–C) groups is 1. The number of rotatable bonds is 10. The SMILES string of the molecule is CCNC(=NCC(C)CN1CCOCC1)N1CCC(OCCCOC)CC1. The lowest BCUT2D eigenvalue weighted by Crippen LogP contribution is -2.47. The van der Waals surface area contributed by atoms with Crippen molar-refractivity contribution in [1.82, 2.24) is 15.1 Å². The predicted octanol–water partition coefficient (Wildman–Crippen LogP) is 1.44. The van der Waals surface area contributed by atoms with Crippen LogP contribution in [0.1, 0.15) is 33.1 Å². The van der Waals surface area contributed by atoms with Gasteiger partial charge in [-0.15, -0.1) is 0 Å². The van der Waals surface area contributed by atoms with Gasteiger partial charge in [-0.1, -0.05) is 6.92 Å². The number of hydrogen-bond acceptors (Lipinski definition) is 5. The van der Waals surface area contributed by atoms with E-state index in [1.54, 1.807) is 7.11 Å². The van der Waals surface area contributed by atoms with E-state index >= 15 is 0 Å². The van der Waals surface area contributed by atoms with Gasteiger partial charge in [0.05, 0.1) is 19.3 Å². The number of methoxy groups -OCH3 is 1. The molecule has 0 aromatic heterocycles. The van der Waals surface area contributed by atoms with Gasteiger partial charge < -0.3 is 24.4 Å². The minimum absolute atomic E-state index is 0.376. The maximum absolute atomic E-state index is 5.97. The average Bonchev–Trinajstić information content (AvgIpc) is 2.70. The van der Waals surface area contributed by atoms with Crippen molar-refractivity contribution in [2.45, 2.75) is 39.2 Å². The van der Waals surface area contributed by atoms with Crippen molar-refractivity contribution in [2.75, 3.05) is 79.4 Å². The second-order valence-corrected chi connectivity index (χ2v) is 7.62. The largest absolute Gasteiger partial charge is 0.385 e. The summed E-state index contributed by atoms with van der Waals surface area (Å²) in [6.45, 7) is 14.7. The fourth-order valence-electron chi connectivity index (χ4n) is 3.64. The highest BCUT2D eigenvalue weighted by Gasteiger charge is 2.22. The fraction of sp³-hybridized carbons (Fsp3) is 0.950. The van der Waals surface area contributed by atoms with Gasteiger partial charge in [-0.05, 0) is 32.1 Å². The summed E-state index contributed by atoms with van der Waals surface area (Å²) in [4.78, 5) is 9.81. The van der Waals surface area contributed by atoms with Crippen molar-refractivity contribution < 1.29 is 14.2 Å².